The van der Waals surface area contributed by atoms with E-state index in [4.69, 9.17) is 0 Å². The first-order chi connectivity index (χ1) is 5.93. The van der Waals surface area contributed by atoms with E-state index in [-0.39, 0.29) is 35.5 Å². The van der Waals surface area contributed by atoms with Gasteiger partial charge in [0.2, 0.25) is 0 Å². The van der Waals surface area contributed by atoms with Gasteiger partial charge < -0.3 is 12.4 Å². The standard InChI is InChI=1S/C12H17.ClH.Mg/c1-2-3-4-6-9-12-10-7-5-8-11-12;;/h5,7,10-11H,2-4,6,9H2,1H3;1H;/q-1;;+2/p-1. The number of rotatable bonds is 5. The average Bonchev–Trinajstić information content (AvgIpc) is 2.14. The quantitative estimate of drug-likeness (QED) is 0.379. The molecule has 0 aliphatic heterocycles. The maximum absolute atomic E-state index is 3.10. The Morgan fingerprint density at radius 3 is 2.57 bits per heavy atom. The summed E-state index contributed by atoms with van der Waals surface area (Å²) < 4.78 is 0. The van der Waals surface area contributed by atoms with Crippen LogP contribution in [-0.2, 0) is 6.42 Å². The third-order valence-electron chi connectivity index (χ3n) is 2.09. The van der Waals surface area contributed by atoms with Crippen molar-refractivity contribution in [3.63, 3.8) is 0 Å². The van der Waals surface area contributed by atoms with E-state index in [1.165, 1.54) is 37.7 Å². The van der Waals surface area contributed by atoms with Crippen LogP contribution in [0.4, 0.5) is 0 Å². The first kappa shape index (κ1) is 16.7. The van der Waals surface area contributed by atoms with E-state index < -0.39 is 0 Å². The van der Waals surface area contributed by atoms with Gasteiger partial charge in [-0.3, -0.25) is 0 Å². The zero-order valence-corrected chi connectivity index (χ0v) is 11.1. The zero-order chi connectivity index (χ0) is 8.65. The normalized spacial score (nSPS) is 8.64. The smallest absolute Gasteiger partial charge is 1.00 e. The Hall–Kier alpha value is 0.276. The Morgan fingerprint density at radius 1 is 1.21 bits per heavy atom. The van der Waals surface area contributed by atoms with Crippen molar-refractivity contribution in [2.45, 2.75) is 39.0 Å². The number of hydrogen-bond acceptors (Lipinski definition) is 0. The summed E-state index contributed by atoms with van der Waals surface area (Å²) in [5, 5.41) is 0. The van der Waals surface area contributed by atoms with Gasteiger partial charge in [0.25, 0.3) is 0 Å². The molecule has 2 heteroatoms. The van der Waals surface area contributed by atoms with Gasteiger partial charge >= 0.3 is 23.1 Å². The summed E-state index contributed by atoms with van der Waals surface area (Å²) in [5.74, 6) is 0. The molecule has 0 radical (unpaired) electrons. The predicted molar refractivity (Wildman–Crippen MR) is 58.9 cm³/mol. The number of aryl methyl sites for hydroxylation is 1. The summed E-state index contributed by atoms with van der Waals surface area (Å²) >= 11 is 0. The van der Waals surface area contributed by atoms with Crippen molar-refractivity contribution in [2.24, 2.45) is 0 Å². The molecule has 14 heavy (non-hydrogen) atoms. The van der Waals surface area contributed by atoms with Crippen LogP contribution in [0.3, 0.4) is 0 Å². The van der Waals surface area contributed by atoms with E-state index in [2.05, 4.69) is 31.2 Å². The summed E-state index contributed by atoms with van der Waals surface area (Å²) in [6, 6.07) is 11.4. The van der Waals surface area contributed by atoms with Crippen molar-refractivity contribution in [3.05, 3.63) is 35.9 Å². The maximum Gasteiger partial charge on any atom is 2.00 e. The summed E-state index contributed by atoms with van der Waals surface area (Å²) in [6.07, 6.45) is 6.60. The molecule has 0 amide bonds. The summed E-state index contributed by atoms with van der Waals surface area (Å²) in [6.45, 7) is 2.25. The van der Waals surface area contributed by atoms with Gasteiger partial charge in [-0.25, -0.2) is 0 Å². The molecule has 74 valence electrons. The van der Waals surface area contributed by atoms with E-state index in [1.807, 2.05) is 6.07 Å². The molecule has 0 N–H and O–H groups in total. The Bertz CT molecular complexity index is 199. The second-order valence-electron chi connectivity index (χ2n) is 3.22. The van der Waals surface area contributed by atoms with Crippen LogP contribution in [0.1, 0.15) is 38.2 Å². The third kappa shape index (κ3) is 7.66. The molecule has 0 fully saturated rings. The predicted octanol–water partition coefficient (Wildman–Crippen LogP) is 0.233. The van der Waals surface area contributed by atoms with Crippen LogP contribution in [-0.4, -0.2) is 23.1 Å². The molecule has 0 unspecified atom stereocenters. The second kappa shape index (κ2) is 11.4. The monoisotopic (exact) mass is 220 g/mol. The Balaban J connectivity index is 0. The first-order valence-corrected chi connectivity index (χ1v) is 4.88. The fourth-order valence-corrected chi connectivity index (χ4v) is 1.34. The molecule has 1 rings (SSSR count). The minimum atomic E-state index is 0. The zero-order valence-electron chi connectivity index (χ0n) is 8.93. The molecule has 0 saturated carbocycles. The molecule has 1 aromatic carbocycles. The molecule has 0 heterocycles. The molecular weight excluding hydrogens is 204 g/mol. The van der Waals surface area contributed by atoms with Crippen LogP contribution < -0.4 is 12.4 Å². The SMILES string of the molecule is CCCCCCc1c[c-]ccc1.[Cl-].[Mg+2]. The van der Waals surface area contributed by atoms with Crippen molar-refractivity contribution < 1.29 is 12.4 Å². The van der Waals surface area contributed by atoms with E-state index in [1.54, 1.807) is 0 Å². The number of hydrogen-bond donors (Lipinski definition) is 0. The number of halogens is 1. The van der Waals surface area contributed by atoms with Gasteiger partial charge in [-0.2, -0.15) is 35.9 Å². The van der Waals surface area contributed by atoms with Crippen LogP contribution in [0.15, 0.2) is 24.3 Å². The van der Waals surface area contributed by atoms with Gasteiger partial charge in [-0.15, -0.1) is 0 Å². The topological polar surface area (TPSA) is 0 Å². The van der Waals surface area contributed by atoms with Crippen molar-refractivity contribution in [1.82, 2.24) is 0 Å². The molecule has 0 aromatic heterocycles. The van der Waals surface area contributed by atoms with Crippen molar-refractivity contribution in [3.8, 4) is 0 Å². The van der Waals surface area contributed by atoms with Gasteiger partial charge in [0.05, 0.1) is 0 Å². The summed E-state index contributed by atoms with van der Waals surface area (Å²) in [4.78, 5) is 0. The van der Waals surface area contributed by atoms with Crippen molar-refractivity contribution in [2.75, 3.05) is 0 Å². The summed E-state index contributed by atoms with van der Waals surface area (Å²) in [7, 11) is 0. The molecule has 0 spiro atoms. The number of unbranched alkanes of at least 4 members (excludes halogenated alkanes) is 3. The van der Waals surface area contributed by atoms with E-state index in [0.717, 1.165) is 0 Å². The minimum absolute atomic E-state index is 0. The molecule has 0 aliphatic rings. The van der Waals surface area contributed by atoms with Gasteiger partial charge in [0.15, 0.2) is 0 Å². The van der Waals surface area contributed by atoms with Crippen LogP contribution in [0, 0.1) is 6.07 Å². The molecule has 0 saturated heterocycles. The van der Waals surface area contributed by atoms with Crippen LogP contribution in [0.25, 0.3) is 0 Å². The van der Waals surface area contributed by atoms with Crippen LogP contribution >= 0.6 is 0 Å². The second-order valence-corrected chi connectivity index (χ2v) is 3.22. The molecule has 0 bridgehead atoms. The molecule has 1 aromatic rings. The Kier molecular flexibility index (Phi) is 13.5. The molecule has 0 aliphatic carbocycles. The van der Waals surface area contributed by atoms with Crippen molar-refractivity contribution in [1.29, 1.82) is 0 Å². The first-order valence-electron chi connectivity index (χ1n) is 4.88. The molecule has 0 nitrogen and oxygen atoms in total. The van der Waals surface area contributed by atoms with Gasteiger partial charge in [-0.1, -0.05) is 39.0 Å². The van der Waals surface area contributed by atoms with E-state index in [0.29, 0.717) is 0 Å². The minimum Gasteiger partial charge on any atom is -1.00 e. The number of benzene rings is 1. The fourth-order valence-electron chi connectivity index (χ4n) is 1.34. The fraction of sp³-hybridized carbons (Fsp3) is 0.500. The summed E-state index contributed by atoms with van der Waals surface area (Å²) in [5.41, 5.74) is 1.42. The average molecular weight is 221 g/mol. The molecule has 0 atom stereocenters. The third-order valence-corrected chi connectivity index (χ3v) is 2.09. The Morgan fingerprint density at radius 2 is 2.00 bits per heavy atom. The van der Waals surface area contributed by atoms with Gasteiger partial charge in [-0.05, 0) is 0 Å². The van der Waals surface area contributed by atoms with Crippen LogP contribution in [0.2, 0.25) is 0 Å². The van der Waals surface area contributed by atoms with Crippen LogP contribution in [0.5, 0.6) is 0 Å². The van der Waals surface area contributed by atoms with Crippen molar-refractivity contribution >= 4 is 23.1 Å². The van der Waals surface area contributed by atoms with Gasteiger partial charge in [0.1, 0.15) is 0 Å². The molecular formula is C12H17ClMg. The largest absolute Gasteiger partial charge is 2.00 e. The Labute approximate surface area is 110 Å². The van der Waals surface area contributed by atoms with Gasteiger partial charge in [0, 0.05) is 0 Å². The van der Waals surface area contributed by atoms with E-state index >= 15 is 0 Å². The van der Waals surface area contributed by atoms with E-state index in [9.17, 15) is 0 Å². The maximum atomic E-state index is 3.10.